The van der Waals surface area contributed by atoms with Gasteiger partial charge in [0.25, 0.3) is 0 Å². The fourth-order valence-electron chi connectivity index (χ4n) is 2.21. The molecule has 0 spiro atoms. The van der Waals surface area contributed by atoms with Crippen molar-refractivity contribution in [2.24, 2.45) is 5.92 Å². The predicted octanol–water partition coefficient (Wildman–Crippen LogP) is 2.39. The van der Waals surface area contributed by atoms with Crippen LogP contribution in [0, 0.1) is 12.8 Å². The number of carbonyl (C=O) groups excluding carboxylic acids is 1. The molecule has 1 aliphatic rings. The Morgan fingerprint density at radius 3 is 2.68 bits per heavy atom. The molecule has 1 amide bonds. The van der Waals surface area contributed by atoms with E-state index in [-0.39, 0.29) is 5.91 Å². The Bertz CT molecular complexity index is 650. The summed E-state index contributed by atoms with van der Waals surface area (Å²) in [6.07, 6.45) is 4.33. The second kappa shape index (κ2) is 6.66. The Morgan fingerprint density at radius 2 is 2.00 bits per heavy atom. The first-order valence-corrected chi connectivity index (χ1v) is 7.61. The van der Waals surface area contributed by atoms with Gasteiger partial charge in [-0.15, -0.1) is 0 Å². The number of rotatable bonds is 6. The first-order chi connectivity index (χ1) is 10.7. The van der Waals surface area contributed by atoms with Crippen molar-refractivity contribution in [3.8, 4) is 11.4 Å². The molecule has 0 atom stereocenters. The SMILES string of the molecule is Cc1ccnc(-c2ccc(NC(=O)CNCC3CC3)cc2)n1. The van der Waals surface area contributed by atoms with Crippen LogP contribution in [-0.2, 0) is 4.79 Å². The second-order valence-corrected chi connectivity index (χ2v) is 5.72. The van der Waals surface area contributed by atoms with Crippen molar-refractivity contribution < 1.29 is 4.79 Å². The van der Waals surface area contributed by atoms with Crippen LogP contribution in [0.3, 0.4) is 0 Å². The van der Waals surface area contributed by atoms with Gasteiger partial charge in [-0.2, -0.15) is 0 Å². The number of hydrogen-bond acceptors (Lipinski definition) is 4. The molecule has 22 heavy (non-hydrogen) atoms. The molecule has 0 unspecified atom stereocenters. The summed E-state index contributed by atoms with van der Waals surface area (Å²) in [5, 5.41) is 6.06. The van der Waals surface area contributed by atoms with Crippen LogP contribution >= 0.6 is 0 Å². The molecular formula is C17H20N4O. The summed E-state index contributed by atoms with van der Waals surface area (Å²) in [7, 11) is 0. The minimum Gasteiger partial charge on any atom is -0.325 e. The van der Waals surface area contributed by atoms with Gasteiger partial charge in [0.2, 0.25) is 5.91 Å². The Hall–Kier alpha value is -2.27. The van der Waals surface area contributed by atoms with Gasteiger partial charge >= 0.3 is 0 Å². The first-order valence-electron chi connectivity index (χ1n) is 7.61. The van der Waals surface area contributed by atoms with Crippen molar-refractivity contribution in [2.75, 3.05) is 18.4 Å². The zero-order chi connectivity index (χ0) is 15.4. The van der Waals surface area contributed by atoms with Crippen LogP contribution in [-0.4, -0.2) is 29.0 Å². The lowest BCUT2D eigenvalue weighted by Gasteiger charge is -2.07. The third-order valence-electron chi connectivity index (χ3n) is 3.64. The number of aryl methyl sites for hydroxylation is 1. The van der Waals surface area contributed by atoms with Crippen LogP contribution in [0.2, 0.25) is 0 Å². The highest BCUT2D eigenvalue weighted by atomic mass is 16.1. The maximum Gasteiger partial charge on any atom is 0.238 e. The summed E-state index contributed by atoms with van der Waals surface area (Å²) in [6, 6.07) is 9.45. The number of nitrogens with one attached hydrogen (secondary N) is 2. The van der Waals surface area contributed by atoms with Gasteiger partial charge in [0.05, 0.1) is 6.54 Å². The lowest BCUT2D eigenvalue weighted by molar-refractivity contribution is -0.115. The van der Waals surface area contributed by atoms with Crippen molar-refractivity contribution in [1.29, 1.82) is 0 Å². The highest BCUT2D eigenvalue weighted by molar-refractivity contribution is 5.92. The number of carbonyl (C=O) groups is 1. The van der Waals surface area contributed by atoms with E-state index in [4.69, 9.17) is 0 Å². The number of aromatic nitrogens is 2. The van der Waals surface area contributed by atoms with Crippen LogP contribution in [0.4, 0.5) is 5.69 Å². The monoisotopic (exact) mass is 296 g/mol. The third-order valence-corrected chi connectivity index (χ3v) is 3.64. The lowest BCUT2D eigenvalue weighted by atomic mass is 10.2. The maximum atomic E-state index is 11.8. The van der Waals surface area contributed by atoms with E-state index in [2.05, 4.69) is 20.6 Å². The average Bonchev–Trinajstić information content (AvgIpc) is 3.32. The molecule has 1 aromatic heterocycles. The largest absolute Gasteiger partial charge is 0.325 e. The molecular weight excluding hydrogens is 276 g/mol. The van der Waals surface area contributed by atoms with E-state index in [9.17, 15) is 4.79 Å². The van der Waals surface area contributed by atoms with Crippen molar-refractivity contribution in [3.05, 3.63) is 42.2 Å². The molecule has 1 aliphatic carbocycles. The standard InChI is InChI=1S/C17H20N4O/c1-12-8-9-19-17(20-12)14-4-6-15(7-5-14)21-16(22)11-18-10-13-2-3-13/h4-9,13,18H,2-3,10-11H2,1H3,(H,21,22). The Morgan fingerprint density at radius 1 is 1.23 bits per heavy atom. The number of amides is 1. The van der Waals surface area contributed by atoms with Crippen LogP contribution in [0.25, 0.3) is 11.4 Å². The topological polar surface area (TPSA) is 66.9 Å². The van der Waals surface area contributed by atoms with E-state index in [1.165, 1.54) is 12.8 Å². The molecule has 5 heteroatoms. The normalized spacial score (nSPS) is 13.9. The first kappa shape index (κ1) is 14.7. The predicted molar refractivity (Wildman–Crippen MR) is 86.4 cm³/mol. The highest BCUT2D eigenvalue weighted by Crippen LogP contribution is 2.27. The van der Waals surface area contributed by atoms with Crippen molar-refractivity contribution in [2.45, 2.75) is 19.8 Å². The number of anilines is 1. The smallest absolute Gasteiger partial charge is 0.238 e. The fraction of sp³-hybridized carbons (Fsp3) is 0.353. The summed E-state index contributed by atoms with van der Waals surface area (Å²) in [5.41, 5.74) is 2.66. The lowest BCUT2D eigenvalue weighted by Crippen LogP contribution is -2.29. The molecule has 1 fully saturated rings. The van der Waals surface area contributed by atoms with Crippen molar-refractivity contribution >= 4 is 11.6 Å². The van der Waals surface area contributed by atoms with Crippen molar-refractivity contribution in [1.82, 2.24) is 15.3 Å². The molecule has 2 N–H and O–H groups in total. The molecule has 1 heterocycles. The molecule has 114 valence electrons. The van der Waals surface area contributed by atoms with Gasteiger partial charge in [-0.25, -0.2) is 9.97 Å². The third kappa shape index (κ3) is 4.11. The summed E-state index contributed by atoms with van der Waals surface area (Å²) in [4.78, 5) is 20.5. The summed E-state index contributed by atoms with van der Waals surface area (Å²) in [6.45, 7) is 3.24. The minimum absolute atomic E-state index is 0.0137. The highest BCUT2D eigenvalue weighted by Gasteiger charge is 2.20. The van der Waals surface area contributed by atoms with Crippen molar-refractivity contribution in [3.63, 3.8) is 0 Å². The van der Waals surface area contributed by atoms with E-state index in [1.54, 1.807) is 6.20 Å². The summed E-state index contributed by atoms with van der Waals surface area (Å²) in [5.74, 6) is 1.46. The van der Waals surface area contributed by atoms with Gasteiger partial charge in [-0.3, -0.25) is 4.79 Å². The molecule has 0 radical (unpaired) electrons. The van der Waals surface area contributed by atoms with Crippen LogP contribution in [0.15, 0.2) is 36.5 Å². The van der Waals surface area contributed by atoms with Gasteiger partial charge in [-0.05, 0) is 62.6 Å². The fourth-order valence-corrected chi connectivity index (χ4v) is 2.21. The van der Waals surface area contributed by atoms with Gasteiger partial charge in [0.1, 0.15) is 0 Å². The molecule has 1 aromatic carbocycles. The zero-order valence-electron chi connectivity index (χ0n) is 12.7. The van der Waals surface area contributed by atoms with E-state index < -0.39 is 0 Å². The number of hydrogen-bond donors (Lipinski definition) is 2. The molecule has 5 nitrogen and oxygen atoms in total. The van der Waals surface area contributed by atoms with Crippen LogP contribution in [0.1, 0.15) is 18.5 Å². The summed E-state index contributed by atoms with van der Waals surface area (Å²) >= 11 is 0. The van der Waals surface area contributed by atoms with E-state index >= 15 is 0 Å². The molecule has 3 rings (SSSR count). The number of benzene rings is 1. The molecule has 2 aromatic rings. The van der Waals surface area contributed by atoms with Crippen LogP contribution in [0.5, 0.6) is 0 Å². The van der Waals surface area contributed by atoms with E-state index in [1.807, 2.05) is 37.3 Å². The molecule has 0 bridgehead atoms. The molecule has 1 saturated carbocycles. The maximum absolute atomic E-state index is 11.8. The second-order valence-electron chi connectivity index (χ2n) is 5.72. The van der Waals surface area contributed by atoms with E-state index in [0.717, 1.165) is 29.4 Å². The van der Waals surface area contributed by atoms with Crippen LogP contribution < -0.4 is 10.6 Å². The zero-order valence-corrected chi connectivity index (χ0v) is 12.7. The van der Waals surface area contributed by atoms with Gasteiger partial charge < -0.3 is 10.6 Å². The number of nitrogens with zero attached hydrogens (tertiary/aromatic N) is 2. The van der Waals surface area contributed by atoms with Gasteiger partial charge in [-0.1, -0.05) is 0 Å². The molecule has 0 aliphatic heterocycles. The van der Waals surface area contributed by atoms with Gasteiger partial charge in [0.15, 0.2) is 5.82 Å². The Labute approximate surface area is 130 Å². The average molecular weight is 296 g/mol. The quantitative estimate of drug-likeness (QED) is 0.859. The minimum atomic E-state index is -0.0137. The molecule has 0 saturated heterocycles. The Kier molecular flexibility index (Phi) is 4.44. The summed E-state index contributed by atoms with van der Waals surface area (Å²) < 4.78 is 0. The van der Waals surface area contributed by atoms with Gasteiger partial charge in [0, 0.05) is 23.1 Å². The van der Waals surface area contributed by atoms with E-state index in [0.29, 0.717) is 12.4 Å². The Balaban J connectivity index is 1.55.